The molecule has 0 radical (unpaired) electrons. The fraction of sp³-hybridized carbons (Fsp3) is 0.0833. The van der Waals surface area contributed by atoms with E-state index >= 15 is 0 Å². The number of nitrogens with one attached hydrogen (secondary N) is 2. The van der Waals surface area contributed by atoms with E-state index in [0.29, 0.717) is 5.56 Å². The monoisotopic (exact) mass is 307 g/mol. The van der Waals surface area contributed by atoms with Crippen molar-refractivity contribution in [2.75, 3.05) is 7.05 Å². The molecule has 1 aromatic rings. The number of carbonyl (C=O) groups is 2. The van der Waals surface area contributed by atoms with E-state index in [1.54, 1.807) is 30.3 Å². The van der Waals surface area contributed by atoms with Crippen molar-refractivity contribution in [1.82, 2.24) is 10.6 Å². The van der Waals surface area contributed by atoms with E-state index in [0.717, 1.165) is 10.7 Å². The van der Waals surface area contributed by atoms with Gasteiger partial charge in [-0.05, 0) is 24.3 Å². The molecule has 0 aromatic heterocycles. The van der Waals surface area contributed by atoms with Crippen LogP contribution in [0.2, 0.25) is 0 Å². The van der Waals surface area contributed by atoms with Crippen LogP contribution in [0.5, 0.6) is 0 Å². The van der Waals surface area contributed by atoms with Crippen molar-refractivity contribution in [2.24, 2.45) is 0 Å². The SMILES string of the molecule is CNC(=O)NC=C(C#N)C(=O)c1ccc(Br)cc1. The Morgan fingerprint density at radius 1 is 1.33 bits per heavy atom. The number of allylic oxidation sites excluding steroid dienone is 1. The van der Waals surface area contributed by atoms with Gasteiger partial charge in [0.1, 0.15) is 11.6 Å². The van der Waals surface area contributed by atoms with Crippen molar-refractivity contribution in [3.63, 3.8) is 0 Å². The van der Waals surface area contributed by atoms with Crippen LogP contribution >= 0.6 is 15.9 Å². The third-order valence-corrected chi connectivity index (χ3v) is 2.57. The summed E-state index contributed by atoms with van der Waals surface area (Å²) in [5, 5.41) is 13.5. The van der Waals surface area contributed by atoms with Gasteiger partial charge in [0, 0.05) is 23.3 Å². The van der Waals surface area contributed by atoms with E-state index < -0.39 is 11.8 Å². The van der Waals surface area contributed by atoms with Crippen LogP contribution < -0.4 is 10.6 Å². The van der Waals surface area contributed by atoms with E-state index in [1.165, 1.54) is 7.05 Å². The fourth-order valence-corrected chi connectivity index (χ4v) is 1.38. The van der Waals surface area contributed by atoms with E-state index in [2.05, 4.69) is 26.6 Å². The second-order valence-electron chi connectivity index (χ2n) is 3.23. The van der Waals surface area contributed by atoms with Crippen LogP contribution in [0, 0.1) is 11.3 Å². The number of hydrogen-bond acceptors (Lipinski definition) is 3. The normalized spacial score (nSPS) is 10.4. The molecule has 92 valence electrons. The van der Waals surface area contributed by atoms with Gasteiger partial charge in [0.2, 0.25) is 5.78 Å². The summed E-state index contributed by atoms with van der Waals surface area (Å²) in [5.41, 5.74) is 0.241. The number of rotatable bonds is 3. The van der Waals surface area contributed by atoms with Crippen LogP contribution in [0.1, 0.15) is 10.4 Å². The highest BCUT2D eigenvalue weighted by atomic mass is 79.9. The Morgan fingerprint density at radius 3 is 2.44 bits per heavy atom. The minimum Gasteiger partial charge on any atom is -0.341 e. The van der Waals surface area contributed by atoms with Crippen LogP contribution in [0.3, 0.4) is 0 Å². The summed E-state index contributed by atoms with van der Waals surface area (Å²) in [4.78, 5) is 22.9. The first kappa shape index (κ1) is 13.9. The average Bonchev–Trinajstić information content (AvgIpc) is 2.39. The number of hydrogen-bond donors (Lipinski definition) is 2. The second kappa shape index (κ2) is 6.57. The Labute approximate surface area is 113 Å². The molecule has 0 fully saturated rings. The molecule has 6 heteroatoms. The highest BCUT2D eigenvalue weighted by Crippen LogP contribution is 2.13. The molecule has 0 unspecified atom stereocenters. The molecular formula is C12H10BrN3O2. The number of halogens is 1. The molecule has 0 saturated heterocycles. The van der Waals surface area contributed by atoms with Crippen LogP contribution in [0.25, 0.3) is 0 Å². The van der Waals surface area contributed by atoms with Gasteiger partial charge in [-0.3, -0.25) is 4.79 Å². The first-order valence-corrected chi connectivity index (χ1v) is 5.76. The third-order valence-electron chi connectivity index (χ3n) is 2.05. The quantitative estimate of drug-likeness (QED) is 0.509. The lowest BCUT2D eigenvalue weighted by Gasteiger charge is -2.01. The molecule has 0 atom stereocenters. The Hall–Kier alpha value is -2.13. The van der Waals surface area contributed by atoms with Gasteiger partial charge in [0.05, 0.1) is 0 Å². The molecule has 0 saturated carbocycles. The summed E-state index contributed by atoms with van der Waals surface area (Å²) < 4.78 is 0.838. The Kier molecular flexibility index (Phi) is 5.08. The smallest absolute Gasteiger partial charge is 0.318 e. The standard InChI is InChI=1S/C12H10BrN3O2/c1-15-12(18)16-7-9(6-14)11(17)8-2-4-10(13)5-3-8/h2-5,7H,1H3,(H2,15,16,18). The summed E-state index contributed by atoms with van der Waals surface area (Å²) in [5.74, 6) is -0.443. The predicted molar refractivity (Wildman–Crippen MR) is 69.8 cm³/mol. The van der Waals surface area contributed by atoms with Crippen molar-refractivity contribution < 1.29 is 9.59 Å². The average molecular weight is 308 g/mol. The lowest BCUT2D eigenvalue weighted by Crippen LogP contribution is -2.29. The van der Waals surface area contributed by atoms with Crippen LogP contribution in [-0.4, -0.2) is 18.9 Å². The first-order valence-electron chi connectivity index (χ1n) is 4.97. The summed E-state index contributed by atoms with van der Waals surface area (Å²) in [6.07, 6.45) is 1.09. The Bertz CT molecular complexity index is 529. The molecular weight excluding hydrogens is 298 g/mol. The van der Waals surface area contributed by atoms with Gasteiger partial charge in [-0.15, -0.1) is 0 Å². The molecule has 1 aromatic carbocycles. The predicted octanol–water partition coefficient (Wildman–Crippen LogP) is 1.97. The minimum atomic E-state index is -0.494. The topological polar surface area (TPSA) is 82.0 Å². The largest absolute Gasteiger partial charge is 0.341 e. The molecule has 5 nitrogen and oxygen atoms in total. The summed E-state index contributed by atoms with van der Waals surface area (Å²) in [6.45, 7) is 0. The fourth-order valence-electron chi connectivity index (χ4n) is 1.12. The van der Waals surface area contributed by atoms with Crippen molar-refractivity contribution in [3.05, 3.63) is 46.1 Å². The van der Waals surface area contributed by atoms with Gasteiger partial charge in [0.15, 0.2) is 0 Å². The molecule has 1 rings (SSSR count). The van der Waals surface area contributed by atoms with Crippen LogP contribution in [0.15, 0.2) is 40.5 Å². The van der Waals surface area contributed by atoms with Gasteiger partial charge >= 0.3 is 6.03 Å². The maximum absolute atomic E-state index is 11.9. The molecule has 0 aliphatic heterocycles. The van der Waals surface area contributed by atoms with E-state index in [4.69, 9.17) is 5.26 Å². The molecule has 2 amide bonds. The molecule has 0 aliphatic rings. The lowest BCUT2D eigenvalue weighted by molar-refractivity contribution is 0.103. The summed E-state index contributed by atoms with van der Waals surface area (Å²) in [6, 6.07) is 7.85. The summed E-state index contributed by atoms with van der Waals surface area (Å²) in [7, 11) is 1.44. The number of Topliss-reactive ketones (excluding diaryl/α,β-unsaturated/α-hetero) is 1. The van der Waals surface area contributed by atoms with Gasteiger partial charge < -0.3 is 10.6 Å². The maximum atomic E-state index is 11.9. The number of ketones is 1. The molecule has 0 heterocycles. The van der Waals surface area contributed by atoms with Crippen molar-refractivity contribution in [2.45, 2.75) is 0 Å². The summed E-state index contributed by atoms with van der Waals surface area (Å²) >= 11 is 3.25. The van der Waals surface area contributed by atoms with E-state index in [9.17, 15) is 9.59 Å². The zero-order valence-corrected chi connectivity index (χ0v) is 11.1. The molecule has 0 aliphatic carbocycles. The molecule has 18 heavy (non-hydrogen) atoms. The number of urea groups is 1. The Morgan fingerprint density at radius 2 is 1.94 bits per heavy atom. The lowest BCUT2D eigenvalue weighted by atomic mass is 10.1. The van der Waals surface area contributed by atoms with Gasteiger partial charge in [-0.1, -0.05) is 15.9 Å². The number of amides is 2. The van der Waals surface area contributed by atoms with Crippen LogP contribution in [0.4, 0.5) is 4.79 Å². The zero-order chi connectivity index (χ0) is 13.5. The van der Waals surface area contributed by atoms with Gasteiger partial charge in [-0.25, -0.2) is 4.79 Å². The molecule has 2 N–H and O–H groups in total. The first-order chi connectivity index (χ1) is 8.58. The zero-order valence-electron chi connectivity index (χ0n) is 9.53. The second-order valence-corrected chi connectivity index (χ2v) is 4.14. The minimum absolute atomic E-state index is 0.138. The molecule has 0 bridgehead atoms. The maximum Gasteiger partial charge on any atom is 0.318 e. The van der Waals surface area contributed by atoms with Crippen molar-refractivity contribution >= 4 is 27.7 Å². The van der Waals surface area contributed by atoms with Crippen molar-refractivity contribution in [1.29, 1.82) is 5.26 Å². The highest BCUT2D eigenvalue weighted by molar-refractivity contribution is 9.10. The van der Waals surface area contributed by atoms with Gasteiger partial charge in [0.25, 0.3) is 0 Å². The number of benzene rings is 1. The van der Waals surface area contributed by atoms with E-state index in [1.807, 2.05) is 0 Å². The Balaban J connectivity index is 2.90. The number of nitriles is 1. The van der Waals surface area contributed by atoms with Crippen LogP contribution in [-0.2, 0) is 0 Å². The number of carbonyl (C=O) groups excluding carboxylic acids is 2. The van der Waals surface area contributed by atoms with Gasteiger partial charge in [-0.2, -0.15) is 5.26 Å². The third kappa shape index (κ3) is 3.71. The van der Waals surface area contributed by atoms with Crippen molar-refractivity contribution in [3.8, 4) is 6.07 Å². The van der Waals surface area contributed by atoms with E-state index in [-0.39, 0.29) is 5.57 Å². The molecule has 0 spiro atoms. The number of nitrogens with zero attached hydrogens (tertiary/aromatic N) is 1. The highest BCUT2D eigenvalue weighted by Gasteiger charge is 2.12.